The number of hydrazine groups is 1. The number of rotatable bonds is 6. The summed E-state index contributed by atoms with van der Waals surface area (Å²) in [5.74, 6) is 1.76. The lowest BCUT2D eigenvalue weighted by molar-refractivity contribution is 0.0109. The Morgan fingerprint density at radius 2 is 1.17 bits per heavy atom. The van der Waals surface area contributed by atoms with E-state index < -0.39 is 0 Å². The van der Waals surface area contributed by atoms with E-state index in [9.17, 15) is 0 Å². The van der Waals surface area contributed by atoms with Crippen molar-refractivity contribution < 1.29 is 9.47 Å². The summed E-state index contributed by atoms with van der Waals surface area (Å²) in [5, 5.41) is 4.66. The minimum atomic E-state index is 0.182. The van der Waals surface area contributed by atoms with E-state index in [1.807, 2.05) is 24.3 Å². The monoisotopic (exact) mass is 327 g/mol. The normalized spacial score (nSPS) is 16.5. The molecular formula is C19H25N3O2. The van der Waals surface area contributed by atoms with Crippen molar-refractivity contribution >= 4 is 0 Å². The van der Waals surface area contributed by atoms with Crippen molar-refractivity contribution in [1.82, 2.24) is 10.0 Å². The molecule has 2 aromatic rings. The Morgan fingerprint density at radius 1 is 0.792 bits per heavy atom. The van der Waals surface area contributed by atoms with Gasteiger partial charge >= 0.3 is 0 Å². The Kier molecular flexibility index (Phi) is 5.35. The summed E-state index contributed by atoms with van der Waals surface area (Å²) in [4.78, 5) is 0. The van der Waals surface area contributed by atoms with Crippen LogP contribution in [0.15, 0.2) is 48.5 Å². The minimum absolute atomic E-state index is 0.182. The quantitative estimate of drug-likeness (QED) is 0.882. The number of benzene rings is 2. The lowest BCUT2D eigenvalue weighted by Gasteiger charge is -2.28. The number of hydrogen-bond acceptors (Lipinski definition) is 5. The molecule has 5 nitrogen and oxygen atoms in total. The summed E-state index contributed by atoms with van der Waals surface area (Å²) >= 11 is 0. The number of nitrogens with two attached hydrogens (primary N) is 1. The van der Waals surface area contributed by atoms with Crippen LogP contribution in [0.25, 0.3) is 0 Å². The van der Waals surface area contributed by atoms with Crippen LogP contribution in [-0.4, -0.2) is 43.4 Å². The first-order chi connectivity index (χ1) is 11.7. The average Bonchev–Trinajstić information content (AvgIpc) is 2.95. The van der Waals surface area contributed by atoms with Crippen LogP contribution >= 0.6 is 0 Å². The van der Waals surface area contributed by atoms with Gasteiger partial charge in [-0.15, -0.1) is 0 Å². The third kappa shape index (κ3) is 4.06. The van der Waals surface area contributed by atoms with E-state index in [1.165, 1.54) is 11.1 Å². The van der Waals surface area contributed by atoms with Crippen LogP contribution in [0.2, 0.25) is 0 Å². The van der Waals surface area contributed by atoms with Gasteiger partial charge in [0.15, 0.2) is 0 Å². The van der Waals surface area contributed by atoms with Crippen LogP contribution in [0, 0.1) is 0 Å². The molecule has 0 radical (unpaired) electrons. The van der Waals surface area contributed by atoms with Gasteiger partial charge in [-0.25, -0.2) is 10.0 Å². The van der Waals surface area contributed by atoms with Crippen molar-refractivity contribution in [3.63, 3.8) is 0 Å². The second-order valence-corrected chi connectivity index (χ2v) is 6.15. The highest BCUT2D eigenvalue weighted by molar-refractivity contribution is 5.28. The highest BCUT2D eigenvalue weighted by Gasteiger charge is 2.27. The number of nitrogens with zero attached hydrogens (tertiary/aromatic N) is 2. The lowest BCUT2D eigenvalue weighted by Crippen LogP contribution is -2.35. The van der Waals surface area contributed by atoms with Crippen LogP contribution in [0.5, 0.6) is 11.5 Å². The molecule has 1 fully saturated rings. The van der Waals surface area contributed by atoms with Crippen LogP contribution < -0.4 is 15.2 Å². The molecule has 3 rings (SSSR count). The van der Waals surface area contributed by atoms with Gasteiger partial charge in [0.1, 0.15) is 11.5 Å². The van der Waals surface area contributed by atoms with Gasteiger partial charge in [-0.3, -0.25) is 0 Å². The summed E-state index contributed by atoms with van der Waals surface area (Å²) in [6.45, 7) is 3.46. The molecule has 0 saturated carbocycles. The van der Waals surface area contributed by atoms with Gasteiger partial charge < -0.3 is 15.2 Å². The third-order valence-corrected chi connectivity index (χ3v) is 4.34. The number of hydrogen-bond donors (Lipinski definition) is 1. The van der Waals surface area contributed by atoms with E-state index in [0.29, 0.717) is 0 Å². The number of methoxy groups -OCH3 is 2. The Balaban J connectivity index is 1.66. The molecule has 1 aliphatic rings. The second kappa shape index (κ2) is 7.66. The molecule has 5 heteroatoms. The molecule has 0 unspecified atom stereocenters. The van der Waals surface area contributed by atoms with Gasteiger partial charge in [0, 0.05) is 32.2 Å². The van der Waals surface area contributed by atoms with Crippen molar-refractivity contribution in [1.29, 1.82) is 0 Å². The summed E-state index contributed by atoms with van der Waals surface area (Å²) in [7, 11) is 3.37. The SMILES string of the molecule is COc1ccc(CN2CC(N)CN2Cc2ccc(OC)cc2)cc1. The Bertz CT molecular complexity index is 585. The molecule has 0 aliphatic carbocycles. The average molecular weight is 327 g/mol. The maximum Gasteiger partial charge on any atom is 0.118 e. The topological polar surface area (TPSA) is 51.0 Å². The fraction of sp³-hybridized carbons (Fsp3) is 0.368. The summed E-state index contributed by atoms with van der Waals surface area (Å²) < 4.78 is 10.4. The predicted octanol–water partition coefficient (Wildman–Crippen LogP) is 2.26. The van der Waals surface area contributed by atoms with E-state index >= 15 is 0 Å². The van der Waals surface area contributed by atoms with Gasteiger partial charge in [0.2, 0.25) is 0 Å². The molecule has 0 atom stereocenters. The Labute approximate surface area is 143 Å². The van der Waals surface area contributed by atoms with E-state index in [4.69, 9.17) is 15.2 Å². The lowest BCUT2D eigenvalue weighted by atomic mass is 10.2. The van der Waals surface area contributed by atoms with Crippen LogP contribution in [0.4, 0.5) is 0 Å². The van der Waals surface area contributed by atoms with E-state index in [1.54, 1.807) is 14.2 Å². The van der Waals surface area contributed by atoms with Crippen LogP contribution in [-0.2, 0) is 13.1 Å². The third-order valence-electron chi connectivity index (χ3n) is 4.34. The molecule has 1 heterocycles. The zero-order valence-electron chi connectivity index (χ0n) is 14.3. The fourth-order valence-electron chi connectivity index (χ4n) is 3.04. The van der Waals surface area contributed by atoms with Gasteiger partial charge in [0.05, 0.1) is 14.2 Å². The van der Waals surface area contributed by atoms with E-state index in [2.05, 4.69) is 34.3 Å². The molecular weight excluding hydrogens is 302 g/mol. The van der Waals surface area contributed by atoms with Gasteiger partial charge in [0.25, 0.3) is 0 Å². The second-order valence-electron chi connectivity index (χ2n) is 6.15. The molecule has 0 bridgehead atoms. The molecule has 2 N–H and O–H groups in total. The van der Waals surface area contributed by atoms with E-state index in [-0.39, 0.29) is 6.04 Å². The fourth-order valence-corrected chi connectivity index (χ4v) is 3.04. The smallest absolute Gasteiger partial charge is 0.118 e. The largest absolute Gasteiger partial charge is 0.497 e. The first kappa shape index (κ1) is 16.8. The zero-order chi connectivity index (χ0) is 16.9. The van der Waals surface area contributed by atoms with Gasteiger partial charge in [-0.1, -0.05) is 24.3 Å². The zero-order valence-corrected chi connectivity index (χ0v) is 14.3. The molecule has 0 amide bonds. The first-order valence-corrected chi connectivity index (χ1v) is 8.19. The highest BCUT2D eigenvalue weighted by Crippen LogP contribution is 2.20. The van der Waals surface area contributed by atoms with Crippen molar-refractivity contribution in [2.45, 2.75) is 19.1 Å². The van der Waals surface area contributed by atoms with Crippen molar-refractivity contribution in [2.24, 2.45) is 5.73 Å². The maximum atomic E-state index is 6.19. The van der Waals surface area contributed by atoms with Crippen LogP contribution in [0.3, 0.4) is 0 Å². The molecule has 1 saturated heterocycles. The molecule has 0 aromatic heterocycles. The summed E-state index contributed by atoms with van der Waals surface area (Å²) in [6.07, 6.45) is 0. The molecule has 2 aromatic carbocycles. The van der Waals surface area contributed by atoms with Gasteiger partial charge in [-0.2, -0.15) is 0 Å². The Hall–Kier alpha value is -2.08. The Morgan fingerprint density at radius 3 is 1.50 bits per heavy atom. The standard InChI is InChI=1S/C19H25N3O2/c1-23-18-7-3-15(4-8-18)11-21-13-17(20)14-22(21)12-16-5-9-19(24-2)10-6-16/h3-10,17H,11-14,20H2,1-2H3. The molecule has 24 heavy (non-hydrogen) atoms. The number of ether oxygens (including phenoxy) is 2. The van der Waals surface area contributed by atoms with Crippen molar-refractivity contribution in [3.05, 3.63) is 59.7 Å². The molecule has 1 aliphatic heterocycles. The van der Waals surface area contributed by atoms with Crippen LogP contribution in [0.1, 0.15) is 11.1 Å². The molecule has 128 valence electrons. The first-order valence-electron chi connectivity index (χ1n) is 8.19. The van der Waals surface area contributed by atoms with Gasteiger partial charge in [-0.05, 0) is 35.4 Å². The maximum absolute atomic E-state index is 6.19. The highest BCUT2D eigenvalue weighted by atomic mass is 16.5. The predicted molar refractivity (Wildman–Crippen MR) is 94.8 cm³/mol. The summed E-state index contributed by atoms with van der Waals surface area (Å²) in [6, 6.07) is 16.6. The van der Waals surface area contributed by atoms with Crippen molar-refractivity contribution in [3.8, 4) is 11.5 Å². The van der Waals surface area contributed by atoms with Crippen molar-refractivity contribution in [2.75, 3.05) is 27.3 Å². The summed E-state index contributed by atoms with van der Waals surface area (Å²) in [5.41, 5.74) is 8.70. The molecule has 0 spiro atoms. The van der Waals surface area contributed by atoms with E-state index in [0.717, 1.165) is 37.7 Å². The minimum Gasteiger partial charge on any atom is -0.497 e.